The molecule has 0 spiro atoms. The van der Waals surface area contributed by atoms with Crippen molar-refractivity contribution in [3.63, 3.8) is 0 Å². The van der Waals surface area contributed by atoms with Gasteiger partial charge in [0.15, 0.2) is 0 Å². The Morgan fingerprint density at radius 3 is 2.18 bits per heavy atom. The van der Waals surface area contributed by atoms with E-state index in [4.69, 9.17) is 23.2 Å². The number of carbonyl (C=O) groups is 2. The highest BCUT2D eigenvalue weighted by Crippen LogP contribution is 2.24. The van der Waals surface area contributed by atoms with Gasteiger partial charge in [0.25, 0.3) is 0 Å². The molecule has 0 aliphatic carbocycles. The molecule has 3 aromatic carbocycles. The van der Waals surface area contributed by atoms with Gasteiger partial charge in [-0.05, 0) is 42.2 Å². The van der Waals surface area contributed by atoms with Crippen LogP contribution in [-0.4, -0.2) is 29.8 Å². The first-order chi connectivity index (χ1) is 15.9. The summed E-state index contributed by atoms with van der Waals surface area (Å²) < 4.78 is 0. The minimum absolute atomic E-state index is 0.0915. The first-order valence-corrected chi connectivity index (χ1v) is 11.7. The molecule has 1 N–H and O–H groups in total. The van der Waals surface area contributed by atoms with E-state index in [1.54, 1.807) is 24.1 Å². The van der Waals surface area contributed by atoms with E-state index in [2.05, 4.69) is 5.32 Å². The van der Waals surface area contributed by atoms with Gasteiger partial charge in [-0.2, -0.15) is 0 Å². The molecular weight excluding hydrogens is 455 g/mol. The Morgan fingerprint density at radius 2 is 1.55 bits per heavy atom. The summed E-state index contributed by atoms with van der Waals surface area (Å²) in [5.41, 5.74) is 4.06. The van der Waals surface area contributed by atoms with Crippen LogP contribution in [0.1, 0.15) is 28.7 Å². The van der Waals surface area contributed by atoms with Crippen LogP contribution in [0.15, 0.2) is 72.8 Å². The van der Waals surface area contributed by atoms with Crippen molar-refractivity contribution in [1.82, 2.24) is 10.2 Å². The summed E-state index contributed by atoms with van der Waals surface area (Å²) in [6.07, 6.45) is 1.31. The highest BCUT2D eigenvalue weighted by Gasteiger charge is 2.29. The van der Waals surface area contributed by atoms with Gasteiger partial charge in [0, 0.05) is 26.4 Å². The summed E-state index contributed by atoms with van der Waals surface area (Å²) in [5, 5.41) is 3.59. The van der Waals surface area contributed by atoms with Gasteiger partial charge in [-0.1, -0.05) is 89.4 Å². The molecule has 3 aromatic rings. The molecule has 172 valence electrons. The Hall–Kier alpha value is -2.82. The second kappa shape index (κ2) is 11.9. The monoisotopic (exact) mass is 482 g/mol. The van der Waals surface area contributed by atoms with E-state index in [1.807, 2.05) is 67.6 Å². The number of hydrogen-bond donors (Lipinski definition) is 1. The van der Waals surface area contributed by atoms with Gasteiger partial charge < -0.3 is 10.2 Å². The SMILES string of the molecule is CNC(=O)C(Cc1ccccc1)N(Cc1ccc(Cl)c(Cl)c1)C(=O)CCc1ccc(C)cc1. The number of halogens is 2. The van der Waals surface area contributed by atoms with E-state index >= 15 is 0 Å². The maximum Gasteiger partial charge on any atom is 0.242 e. The van der Waals surface area contributed by atoms with Gasteiger partial charge in [-0.3, -0.25) is 9.59 Å². The molecule has 0 aliphatic rings. The van der Waals surface area contributed by atoms with Gasteiger partial charge >= 0.3 is 0 Å². The fraction of sp³-hybridized carbons (Fsp3) is 0.259. The molecule has 6 heteroatoms. The molecule has 0 saturated carbocycles. The van der Waals surface area contributed by atoms with Crippen LogP contribution in [0.2, 0.25) is 10.0 Å². The Kier molecular flexibility index (Phi) is 8.93. The van der Waals surface area contributed by atoms with Crippen molar-refractivity contribution in [2.24, 2.45) is 0 Å². The molecule has 3 rings (SSSR count). The van der Waals surface area contributed by atoms with Crippen molar-refractivity contribution in [3.05, 3.63) is 105 Å². The minimum Gasteiger partial charge on any atom is -0.357 e. The zero-order valence-electron chi connectivity index (χ0n) is 18.9. The zero-order chi connectivity index (χ0) is 23.8. The second-order valence-electron chi connectivity index (χ2n) is 8.08. The first-order valence-electron chi connectivity index (χ1n) is 10.9. The molecule has 1 atom stereocenters. The summed E-state index contributed by atoms with van der Waals surface area (Å²) in [6.45, 7) is 2.29. The molecule has 33 heavy (non-hydrogen) atoms. The molecule has 2 amide bonds. The van der Waals surface area contributed by atoms with Crippen LogP contribution in [0.5, 0.6) is 0 Å². The number of hydrogen-bond acceptors (Lipinski definition) is 2. The second-order valence-corrected chi connectivity index (χ2v) is 8.89. The summed E-state index contributed by atoms with van der Waals surface area (Å²) in [7, 11) is 1.59. The maximum absolute atomic E-state index is 13.5. The molecule has 4 nitrogen and oxygen atoms in total. The molecule has 0 aliphatic heterocycles. The highest BCUT2D eigenvalue weighted by atomic mass is 35.5. The Bertz CT molecular complexity index is 1090. The number of nitrogens with one attached hydrogen (secondary N) is 1. The van der Waals surface area contributed by atoms with Crippen molar-refractivity contribution in [3.8, 4) is 0 Å². The van der Waals surface area contributed by atoms with Crippen LogP contribution in [0.3, 0.4) is 0 Å². The summed E-state index contributed by atoms with van der Waals surface area (Å²) >= 11 is 12.3. The van der Waals surface area contributed by atoms with E-state index in [0.29, 0.717) is 29.3 Å². The predicted octanol–water partition coefficient (Wildman–Crippen LogP) is 5.62. The molecule has 0 aromatic heterocycles. The van der Waals surface area contributed by atoms with Crippen molar-refractivity contribution in [2.75, 3.05) is 7.05 Å². The number of amides is 2. The average Bonchev–Trinajstić information content (AvgIpc) is 2.83. The Labute approximate surface area is 205 Å². The molecule has 0 radical (unpaired) electrons. The fourth-order valence-electron chi connectivity index (χ4n) is 3.70. The average molecular weight is 483 g/mol. The topological polar surface area (TPSA) is 49.4 Å². The van der Waals surface area contributed by atoms with E-state index in [1.165, 1.54) is 5.56 Å². The van der Waals surface area contributed by atoms with E-state index < -0.39 is 6.04 Å². The summed E-state index contributed by atoms with van der Waals surface area (Å²) in [6, 6.07) is 22.5. The molecule has 1 unspecified atom stereocenters. The van der Waals surface area contributed by atoms with Gasteiger partial charge in [0.1, 0.15) is 6.04 Å². The lowest BCUT2D eigenvalue weighted by Crippen LogP contribution is -2.49. The maximum atomic E-state index is 13.5. The van der Waals surface area contributed by atoms with Crippen molar-refractivity contribution < 1.29 is 9.59 Å². The van der Waals surface area contributed by atoms with Crippen molar-refractivity contribution >= 4 is 35.0 Å². The van der Waals surface area contributed by atoms with E-state index in [0.717, 1.165) is 16.7 Å². The number of nitrogens with zero attached hydrogens (tertiary/aromatic N) is 1. The molecule has 0 saturated heterocycles. The number of aryl methyl sites for hydroxylation is 2. The molecule has 0 fully saturated rings. The standard InChI is InChI=1S/C27H28Cl2N2O2/c1-19-8-10-20(11-9-19)13-15-26(32)31(18-22-12-14-23(28)24(29)16-22)25(27(33)30-2)17-21-6-4-3-5-7-21/h3-12,14,16,25H,13,15,17-18H2,1-2H3,(H,30,33). The molecule has 0 bridgehead atoms. The fourth-order valence-corrected chi connectivity index (χ4v) is 4.03. The first kappa shape index (κ1) is 24.8. The van der Waals surface area contributed by atoms with Crippen LogP contribution in [0.25, 0.3) is 0 Å². The number of rotatable bonds is 9. The van der Waals surface area contributed by atoms with Gasteiger partial charge in [0.05, 0.1) is 10.0 Å². The normalized spacial score (nSPS) is 11.6. The van der Waals surface area contributed by atoms with Crippen LogP contribution < -0.4 is 5.32 Å². The number of carbonyl (C=O) groups excluding carboxylic acids is 2. The van der Waals surface area contributed by atoms with Crippen LogP contribution in [-0.2, 0) is 29.0 Å². The Morgan fingerprint density at radius 1 is 0.879 bits per heavy atom. The predicted molar refractivity (Wildman–Crippen MR) is 135 cm³/mol. The van der Waals surface area contributed by atoms with Crippen molar-refractivity contribution in [2.45, 2.75) is 38.8 Å². The van der Waals surface area contributed by atoms with Crippen LogP contribution in [0.4, 0.5) is 0 Å². The van der Waals surface area contributed by atoms with Gasteiger partial charge in [0.2, 0.25) is 11.8 Å². The lowest BCUT2D eigenvalue weighted by Gasteiger charge is -2.31. The zero-order valence-corrected chi connectivity index (χ0v) is 20.4. The Balaban J connectivity index is 1.88. The quantitative estimate of drug-likeness (QED) is 0.430. The summed E-state index contributed by atoms with van der Waals surface area (Å²) in [5.74, 6) is -0.297. The third kappa shape index (κ3) is 7.08. The lowest BCUT2D eigenvalue weighted by atomic mass is 10.0. The molecular formula is C27H28Cl2N2O2. The van der Waals surface area contributed by atoms with Gasteiger partial charge in [-0.25, -0.2) is 0 Å². The lowest BCUT2D eigenvalue weighted by molar-refractivity contribution is -0.141. The largest absolute Gasteiger partial charge is 0.357 e. The third-order valence-electron chi connectivity index (χ3n) is 5.60. The minimum atomic E-state index is -0.655. The van der Waals surface area contributed by atoms with Crippen LogP contribution >= 0.6 is 23.2 Å². The van der Waals surface area contributed by atoms with E-state index in [9.17, 15) is 9.59 Å². The van der Waals surface area contributed by atoms with E-state index in [-0.39, 0.29) is 18.4 Å². The number of likely N-dealkylation sites (N-methyl/N-ethyl adjacent to an activating group) is 1. The van der Waals surface area contributed by atoms with Gasteiger partial charge in [-0.15, -0.1) is 0 Å². The molecule has 0 heterocycles. The van der Waals surface area contributed by atoms with Crippen LogP contribution in [0, 0.1) is 6.92 Å². The summed E-state index contributed by atoms with van der Waals surface area (Å²) in [4.78, 5) is 28.1. The smallest absolute Gasteiger partial charge is 0.242 e. The third-order valence-corrected chi connectivity index (χ3v) is 6.34. The number of benzene rings is 3. The highest BCUT2D eigenvalue weighted by molar-refractivity contribution is 6.42. The van der Waals surface area contributed by atoms with Crippen molar-refractivity contribution in [1.29, 1.82) is 0 Å².